The zero-order valence-electron chi connectivity index (χ0n) is 14.5. The molecule has 2 aliphatic carbocycles. The second-order valence-electron chi connectivity index (χ2n) is 7.43. The number of carbonyl (C=O) groups is 2. The van der Waals surface area contributed by atoms with E-state index in [-0.39, 0.29) is 28.7 Å². The Morgan fingerprint density at radius 1 is 0.800 bits per heavy atom. The molecule has 0 saturated heterocycles. The lowest BCUT2D eigenvalue weighted by Gasteiger charge is -2.29. The first kappa shape index (κ1) is 17.8. The Labute approximate surface area is 147 Å². The highest BCUT2D eigenvalue weighted by atomic mass is 16.4. The molecule has 3 rings (SSSR count). The van der Waals surface area contributed by atoms with Gasteiger partial charge >= 0.3 is 11.9 Å². The molecular weight excluding hydrogens is 320 g/mol. The van der Waals surface area contributed by atoms with Crippen molar-refractivity contribution in [2.24, 2.45) is 0 Å². The number of carboxylic acids is 2. The summed E-state index contributed by atoms with van der Waals surface area (Å²) in [7, 11) is 0. The Hall–Kier alpha value is -2.04. The van der Waals surface area contributed by atoms with Gasteiger partial charge in [-0.3, -0.25) is 0 Å². The smallest absolute Gasteiger partial charge is 0.337 e. The Kier molecular flexibility index (Phi) is 5.30. The van der Waals surface area contributed by atoms with E-state index in [2.05, 4.69) is 0 Å². The molecule has 3 N–H and O–H groups in total. The van der Waals surface area contributed by atoms with E-state index in [1.165, 1.54) is 6.07 Å². The number of benzene rings is 1. The fraction of sp³-hybridized carbons (Fsp3) is 0.600. The van der Waals surface area contributed by atoms with Crippen LogP contribution in [0.1, 0.15) is 108 Å². The van der Waals surface area contributed by atoms with Crippen molar-refractivity contribution in [2.45, 2.75) is 76.0 Å². The lowest BCUT2D eigenvalue weighted by Crippen LogP contribution is -2.18. The first-order chi connectivity index (χ1) is 12.0. The van der Waals surface area contributed by atoms with Gasteiger partial charge in [0.25, 0.3) is 0 Å². The van der Waals surface area contributed by atoms with Gasteiger partial charge in [-0.2, -0.15) is 0 Å². The molecular formula is C20H26O5. The Morgan fingerprint density at radius 3 is 1.80 bits per heavy atom. The van der Waals surface area contributed by atoms with Gasteiger partial charge in [0.2, 0.25) is 0 Å². The van der Waals surface area contributed by atoms with E-state index in [0.29, 0.717) is 11.1 Å². The van der Waals surface area contributed by atoms with Crippen molar-refractivity contribution in [3.05, 3.63) is 28.3 Å². The summed E-state index contributed by atoms with van der Waals surface area (Å²) in [4.78, 5) is 23.6. The van der Waals surface area contributed by atoms with E-state index >= 15 is 0 Å². The van der Waals surface area contributed by atoms with Crippen LogP contribution in [0.5, 0.6) is 5.75 Å². The van der Waals surface area contributed by atoms with Gasteiger partial charge in [-0.25, -0.2) is 9.59 Å². The van der Waals surface area contributed by atoms with E-state index in [1.807, 2.05) is 0 Å². The van der Waals surface area contributed by atoms with Gasteiger partial charge in [0.1, 0.15) is 5.75 Å². The molecule has 2 fully saturated rings. The average molecular weight is 346 g/mol. The van der Waals surface area contributed by atoms with Gasteiger partial charge in [-0.15, -0.1) is 0 Å². The number of phenolic OH excluding ortho intramolecular Hbond substituents is 1. The van der Waals surface area contributed by atoms with Crippen LogP contribution < -0.4 is 0 Å². The maximum atomic E-state index is 11.9. The van der Waals surface area contributed by atoms with Crippen molar-refractivity contribution in [3.8, 4) is 5.75 Å². The van der Waals surface area contributed by atoms with Crippen LogP contribution in [0.15, 0.2) is 6.07 Å². The number of aromatic hydroxyl groups is 1. The minimum atomic E-state index is -1.26. The molecule has 0 amide bonds. The second-order valence-corrected chi connectivity index (χ2v) is 7.43. The van der Waals surface area contributed by atoms with Crippen LogP contribution in [0.2, 0.25) is 0 Å². The van der Waals surface area contributed by atoms with Gasteiger partial charge in [-0.1, -0.05) is 38.5 Å². The largest absolute Gasteiger partial charge is 0.507 e. The average Bonchev–Trinajstić information content (AvgIpc) is 2.62. The summed E-state index contributed by atoms with van der Waals surface area (Å²) < 4.78 is 0. The minimum absolute atomic E-state index is 0.0428. The van der Waals surface area contributed by atoms with E-state index in [4.69, 9.17) is 0 Å². The first-order valence-corrected chi connectivity index (χ1v) is 9.37. The molecule has 0 unspecified atom stereocenters. The summed E-state index contributed by atoms with van der Waals surface area (Å²) in [5.74, 6) is -2.39. The molecule has 2 saturated carbocycles. The highest BCUT2D eigenvalue weighted by molar-refractivity contribution is 6.04. The van der Waals surface area contributed by atoms with E-state index in [0.717, 1.165) is 64.2 Å². The lowest BCUT2D eigenvalue weighted by atomic mass is 9.76. The topological polar surface area (TPSA) is 94.8 Å². The quantitative estimate of drug-likeness (QED) is 0.722. The van der Waals surface area contributed by atoms with Crippen molar-refractivity contribution in [1.82, 2.24) is 0 Å². The molecule has 0 atom stereocenters. The highest BCUT2D eigenvalue weighted by Crippen LogP contribution is 2.46. The number of carboxylic acid groups (broad SMARTS) is 2. The molecule has 2 aliphatic rings. The standard InChI is InChI=1S/C20H26O5/c21-18-14(12-7-3-1-4-8-12)11-15(19(22)23)17(20(24)25)16(18)13-9-5-2-6-10-13/h11-13,21H,1-10H2,(H,22,23)(H,24,25). The predicted molar refractivity (Wildman–Crippen MR) is 93.7 cm³/mol. The summed E-state index contributed by atoms with van der Waals surface area (Å²) in [6.07, 6.45) is 9.81. The third-order valence-corrected chi connectivity index (χ3v) is 5.87. The molecule has 0 aromatic heterocycles. The van der Waals surface area contributed by atoms with Crippen LogP contribution in [0.25, 0.3) is 0 Å². The van der Waals surface area contributed by atoms with Gasteiger partial charge < -0.3 is 15.3 Å². The number of aromatic carboxylic acids is 2. The van der Waals surface area contributed by atoms with Crippen LogP contribution in [0, 0.1) is 0 Å². The fourth-order valence-corrected chi connectivity index (χ4v) is 4.63. The minimum Gasteiger partial charge on any atom is -0.507 e. The molecule has 1 aromatic rings. The first-order valence-electron chi connectivity index (χ1n) is 9.37. The number of phenols is 1. The molecule has 0 bridgehead atoms. The molecule has 0 spiro atoms. The van der Waals surface area contributed by atoms with E-state index < -0.39 is 11.9 Å². The number of hydrogen-bond donors (Lipinski definition) is 3. The van der Waals surface area contributed by atoms with Crippen LogP contribution in [0.3, 0.4) is 0 Å². The maximum absolute atomic E-state index is 11.9. The van der Waals surface area contributed by atoms with Crippen LogP contribution in [-0.2, 0) is 0 Å². The number of hydrogen-bond acceptors (Lipinski definition) is 3. The summed E-state index contributed by atoms with van der Waals surface area (Å²) in [5.41, 5.74) is 0.623. The van der Waals surface area contributed by atoms with Gasteiger partial charge in [0.15, 0.2) is 0 Å². The Morgan fingerprint density at radius 2 is 1.32 bits per heavy atom. The van der Waals surface area contributed by atoms with Gasteiger partial charge in [0, 0.05) is 5.56 Å². The lowest BCUT2D eigenvalue weighted by molar-refractivity contribution is 0.0649. The van der Waals surface area contributed by atoms with Crippen LogP contribution in [-0.4, -0.2) is 27.3 Å². The summed E-state index contributed by atoms with van der Waals surface area (Å²) >= 11 is 0. The highest BCUT2D eigenvalue weighted by Gasteiger charge is 2.33. The van der Waals surface area contributed by atoms with Gasteiger partial charge in [0.05, 0.1) is 11.1 Å². The zero-order chi connectivity index (χ0) is 18.0. The van der Waals surface area contributed by atoms with Crippen molar-refractivity contribution in [2.75, 3.05) is 0 Å². The monoisotopic (exact) mass is 346 g/mol. The van der Waals surface area contributed by atoms with E-state index in [1.54, 1.807) is 0 Å². The van der Waals surface area contributed by atoms with Crippen molar-refractivity contribution in [3.63, 3.8) is 0 Å². The SMILES string of the molecule is O=C(O)c1cc(C2CCCCC2)c(O)c(C2CCCCC2)c1C(=O)O. The predicted octanol–water partition coefficient (Wildman–Crippen LogP) is 4.88. The molecule has 0 radical (unpaired) electrons. The number of rotatable bonds is 4. The van der Waals surface area contributed by atoms with Crippen LogP contribution in [0.4, 0.5) is 0 Å². The molecule has 5 nitrogen and oxygen atoms in total. The third kappa shape index (κ3) is 3.51. The molecule has 5 heteroatoms. The van der Waals surface area contributed by atoms with Crippen molar-refractivity contribution in [1.29, 1.82) is 0 Å². The normalized spacial score (nSPS) is 19.7. The fourth-order valence-electron chi connectivity index (χ4n) is 4.63. The van der Waals surface area contributed by atoms with Gasteiger partial charge in [-0.05, 0) is 49.1 Å². The third-order valence-electron chi connectivity index (χ3n) is 5.87. The van der Waals surface area contributed by atoms with Crippen molar-refractivity contribution < 1.29 is 24.9 Å². The summed E-state index contributed by atoms with van der Waals surface area (Å²) in [5, 5.41) is 30.3. The second kappa shape index (κ2) is 7.46. The summed E-state index contributed by atoms with van der Waals surface area (Å²) in [6.45, 7) is 0. The van der Waals surface area contributed by atoms with Crippen LogP contribution >= 0.6 is 0 Å². The molecule has 25 heavy (non-hydrogen) atoms. The Balaban J connectivity index is 2.18. The maximum Gasteiger partial charge on any atom is 0.337 e. The van der Waals surface area contributed by atoms with E-state index in [9.17, 15) is 24.9 Å². The summed E-state index contributed by atoms with van der Waals surface area (Å²) in [6, 6.07) is 1.42. The van der Waals surface area contributed by atoms with Crippen molar-refractivity contribution >= 4 is 11.9 Å². The molecule has 1 aromatic carbocycles. The molecule has 136 valence electrons. The molecule has 0 aliphatic heterocycles. The molecule has 0 heterocycles. The zero-order valence-corrected chi connectivity index (χ0v) is 14.5. The Bertz CT molecular complexity index is 667.